The molecule has 0 radical (unpaired) electrons. The molecule has 6 nitrogen and oxygen atoms in total. The number of aliphatic hydroxyl groups excluding tert-OH is 2. The molecule has 0 aromatic carbocycles. The number of aliphatic hydroxyl groups is 2. The summed E-state index contributed by atoms with van der Waals surface area (Å²) in [6, 6.07) is 1.37. The maximum atomic E-state index is 13.7. The fourth-order valence-corrected chi connectivity index (χ4v) is 1.79. The number of hydrogen-bond donors (Lipinski definition) is 2. The SMILES string of the molecule is Cc1ccn([C@H]2O[C@@H](CO)[C@H](O)C2(F)F)c(=O)n1. The molecule has 0 unspecified atom stereocenters. The minimum absolute atomic E-state index is 0.386. The summed E-state index contributed by atoms with van der Waals surface area (Å²) in [4.78, 5) is 15.0. The minimum atomic E-state index is -3.67. The molecule has 0 amide bonds. The van der Waals surface area contributed by atoms with Gasteiger partial charge in [-0.1, -0.05) is 0 Å². The maximum Gasteiger partial charge on any atom is 0.350 e. The summed E-state index contributed by atoms with van der Waals surface area (Å²) in [5.74, 6) is -3.67. The normalized spacial score (nSPS) is 30.6. The molecule has 0 bridgehead atoms. The van der Waals surface area contributed by atoms with Gasteiger partial charge in [0.1, 0.15) is 6.10 Å². The number of ether oxygens (including phenoxy) is 1. The van der Waals surface area contributed by atoms with E-state index in [1.165, 1.54) is 6.07 Å². The monoisotopic (exact) mass is 262 g/mol. The molecule has 18 heavy (non-hydrogen) atoms. The molecule has 3 atom stereocenters. The standard InChI is InChI=1S/C10H12F2N2O4/c1-5-2-3-14(9(17)13-5)8-10(11,12)7(16)6(4-15)18-8/h2-3,6-8,15-16H,4H2,1H3/t6-,7-,8-/m0/s1. The number of rotatable bonds is 2. The third-order valence-corrected chi connectivity index (χ3v) is 2.78. The van der Waals surface area contributed by atoms with Crippen molar-refractivity contribution < 1.29 is 23.7 Å². The van der Waals surface area contributed by atoms with Gasteiger partial charge < -0.3 is 14.9 Å². The molecule has 0 aliphatic carbocycles. The zero-order valence-corrected chi connectivity index (χ0v) is 9.46. The molecular weight excluding hydrogens is 250 g/mol. The van der Waals surface area contributed by atoms with Crippen molar-refractivity contribution in [2.24, 2.45) is 0 Å². The summed E-state index contributed by atoms with van der Waals surface area (Å²) >= 11 is 0. The van der Waals surface area contributed by atoms with E-state index in [1.54, 1.807) is 6.92 Å². The van der Waals surface area contributed by atoms with Crippen molar-refractivity contribution in [1.82, 2.24) is 9.55 Å². The Bertz CT molecular complexity index is 505. The van der Waals surface area contributed by atoms with E-state index >= 15 is 0 Å². The number of alkyl halides is 2. The second-order valence-electron chi connectivity index (χ2n) is 4.09. The van der Waals surface area contributed by atoms with Crippen LogP contribution in [0.4, 0.5) is 8.78 Å². The average molecular weight is 262 g/mol. The lowest BCUT2D eigenvalue weighted by Crippen LogP contribution is -2.41. The maximum absolute atomic E-state index is 13.7. The molecule has 8 heteroatoms. The van der Waals surface area contributed by atoms with Gasteiger partial charge in [-0.25, -0.2) is 4.79 Å². The summed E-state index contributed by atoms with van der Waals surface area (Å²) in [7, 11) is 0. The van der Waals surface area contributed by atoms with Gasteiger partial charge in [0.05, 0.1) is 6.61 Å². The number of aromatic nitrogens is 2. The fraction of sp³-hybridized carbons (Fsp3) is 0.600. The van der Waals surface area contributed by atoms with Gasteiger partial charge >= 0.3 is 11.6 Å². The summed E-state index contributed by atoms with van der Waals surface area (Å²) in [5.41, 5.74) is -0.512. The zero-order valence-electron chi connectivity index (χ0n) is 9.46. The van der Waals surface area contributed by atoms with Crippen molar-refractivity contribution in [3.63, 3.8) is 0 Å². The predicted octanol–water partition coefficient (Wildman–Crippen LogP) is -0.562. The highest BCUT2D eigenvalue weighted by molar-refractivity contribution is 5.01. The van der Waals surface area contributed by atoms with Crippen molar-refractivity contribution in [2.45, 2.75) is 31.3 Å². The van der Waals surface area contributed by atoms with Crippen LogP contribution in [0.2, 0.25) is 0 Å². The molecule has 0 spiro atoms. The van der Waals surface area contributed by atoms with Crippen LogP contribution in [0, 0.1) is 6.92 Å². The lowest BCUT2D eigenvalue weighted by molar-refractivity contribution is -0.141. The van der Waals surface area contributed by atoms with Gasteiger partial charge in [0.15, 0.2) is 6.10 Å². The van der Waals surface area contributed by atoms with Gasteiger partial charge in [-0.3, -0.25) is 4.57 Å². The van der Waals surface area contributed by atoms with Crippen molar-refractivity contribution in [3.8, 4) is 0 Å². The zero-order chi connectivity index (χ0) is 13.5. The largest absolute Gasteiger partial charge is 0.394 e. The first kappa shape index (κ1) is 13.1. The van der Waals surface area contributed by atoms with E-state index in [2.05, 4.69) is 4.98 Å². The summed E-state index contributed by atoms with van der Waals surface area (Å²) in [6.07, 6.45) is -4.44. The van der Waals surface area contributed by atoms with Gasteiger partial charge in [0, 0.05) is 11.9 Å². The molecule has 2 heterocycles. The van der Waals surface area contributed by atoms with Crippen LogP contribution >= 0.6 is 0 Å². The van der Waals surface area contributed by atoms with Crippen molar-refractivity contribution in [2.75, 3.05) is 6.61 Å². The summed E-state index contributed by atoms with van der Waals surface area (Å²) in [6.45, 7) is 0.784. The molecule has 0 saturated carbocycles. The van der Waals surface area contributed by atoms with Crippen LogP contribution < -0.4 is 5.69 Å². The van der Waals surface area contributed by atoms with E-state index in [4.69, 9.17) is 9.84 Å². The van der Waals surface area contributed by atoms with Gasteiger partial charge in [-0.2, -0.15) is 13.8 Å². The van der Waals surface area contributed by atoms with E-state index in [0.717, 1.165) is 6.20 Å². The fourth-order valence-electron chi connectivity index (χ4n) is 1.79. The third kappa shape index (κ3) is 1.92. The number of nitrogens with zero attached hydrogens (tertiary/aromatic N) is 2. The van der Waals surface area contributed by atoms with Crippen LogP contribution in [-0.4, -0.2) is 44.5 Å². The van der Waals surface area contributed by atoms with Crippen molar-refractivity contribution in [3.05, 3.63) is 28.4 Å². The van der Waals surface area contributed by atoms with E-state index < -0.39 is 36.7 Å². The Morgan fingerprint density at radius 2 is 2.28 bits per heavy atom. The highest BCUT2D eigenvalue weighted by Crippen LogP contribution is 2.41. The van der Waals surface area contributed by atoms with E-state index in [9.17, 15) is 18.7 Å². The first-order chi connectivity index (χ1) is 8.37. The number of aryl methyl sites for hydroxylation is 1. The Kier molecular flexibility index (Phi) is 3.18. The van der Waals surface area contributed by atoms with Crippen LogP contribution in [0.25, 0.3) is 0 Å². The Balaban J connectivity index is 2.42. The number of halogens is 2. The molecular formula is C10H12F2N2O4. The minimum Gasteiger partial charge on any atom is -0.394 e. The quantitative estimate of drug-likeness (QED) is 0.746. The molecule has 1 fully saturated rings. The Hall–Kier alpha value is -1.38. The van der Waals surface area contributed by atoms with Crippen LogP contribution in [0.5, 0.6) is 0 Å². The first-order valence-electron chi connectivity index (χ1n) is 5.26. The Morgan fingerprint density at radius 1 is 1.61 bits per heavy atom. The van der Waals surface area contributed by atoms with Gasteiger partial charge in [0.25, 0.3) is 0 Å². The smallest absolute Gasteiger partial charge is 0.350 e. The molecule has 1 aromatic rings. The van der Waals surface area contributed by atoms with E-state index in [1.807, 2.05) is 0 Å². The van der Waals surface area contributed by atoms with Gasteiger partial charge in [-0.05, 0) is 13.0 Å². The second-order valence-corrected chi connectivity index (χ2v) is 4.09. The van der Waals surface area contributed by atoms with Crippen LogP contribution in [0.3, 0.4) is 0 Å². The molecule has 2 rings (SSSR count). The highest BCUT2D eigenvalue weighted by Gasteiger charge is 2.59. The summed E-state index contributed by atoms with van der Waals surface area (Å²) < 4.78 is 32.9. The van der Waals surface area contributed by atoms with Gasteiger partial charge in [-0.15, -0.1) is 0 Å². The molecule has 1 aliphatic heterocycles. The first-order valence-corrected chi connectivity index (χ1v) is 5.26. The third-order valence-electron chi connectivity index (χ3n) is 2.78. The summed E-state index contributed by atoms with van der Waals surface area (Å²) in [5, 5.41) is 18.1. The molecule has 2 N–H and O–H groups in total. The Labute approximate surface area is 100 Å². The van der Waals surface area contributed by atoms with Crippen LogP contribution in [-0.2, 0) is 4.74 Å². The van der Waals surface area contributed by atoms with E-state index in [-0.39, 0.29) is 0 Å². The second kappa shape index (κ2) is 4.38. The lowest BCUT2D eigenvalue weighted by Gasteiger charge is -2.20. The molecule has 1 aromatic heterocycles. The van der Waals surface area contributed by atoms with Crippen molar-refractivity contribution >= 4 is 0 Å². The van der Waals surface area contributed by atoms with Crippen molar-refractivity contribution in [1.29, 1.82) is 0 Å². The number of hydrogen-bond acceptors (Lipinski definition) is 5. The average Bonchev–Trinajstić information content (AvgIpc) is 2.52. The van der Waals surface area contributed by atoms with Crippen LogP contribution in [0.1, 0.15) is 11.9 Å². The molecule has 1 saturated heterocycles. The molecule has 100 valence electrons. The van der Waals surface area contributed by atoms with Gasteiger partial charge in [0.2, 0.25) is 6.23 Å². The van der Waals surface area contributed by atoms with E-state index in [0.29, 0.717) is 10.3 Å². The lowest BCUT2D eigenvalue weighted by atomic mass is 10.1. The molecule has 1 aliphatic rings. The topological polar surface area (TPSA) is 84.6 Å². The predicted molar refractivity (Wildman–Crippen MR) is 55.2 cm³/mol. The highest BCUT2D eigenvalue weighted by atomic mass is 19.3. The van der Waals surface area contributed by atoms with Crippen LogP contribution in [0.15, 0.2) is 17.1 Å². The Morgan fingerprint density at radius 3 is 2.78 bits per heavy atom.